The van der Waals surface area contributed by atoms with Gasteiger partial charge in [-0.2, -0.15) is 0 Å². The van der Waals surface area contributed by atoms with Crippen molar-refractivity contribution in [2.75, 3.05) is 6.54 Å². The van der Waals surface area contributed by atoms with E-state index in [-0.39, 0.29) is 0 Å². The molecule has 0 spiro atoms. The fourth-order valence-electron chi connectivity index (χ4n) is 1.10. The van der Waals surface area contributed by atoms with Crippen LogP contribution in [0.3, 0.4) is 0 Å². The molecule has 12 heavy (non-hydrogen) atoms. The van der Waals surface area contributed by atoms with Crippen LogP contribution in [-0.4, -0.2) is 39.9 Å². The van der Waals surface area contributed by atoms with Crippen molar-refractivity contribution in [1.82, 2.24) is 10.4 Å². The molecule has 1 aliphatic heterocycles. The summed E-state index contributed by atoms with van der Waals surface area (Å²) in [6, 6.07) is -0.769. The van der Waals surface area contributed by atoms with Crippen LogP contribution in [0.2, 0.25) is 0 Å². The average Bonchev–Trinajstić information content (AvgIpc) is 2.04. The molecule has 6 nitrogen and oxygen atoms in total. The van der Waals surface area contributed by atoms with Crippen LogP contribution in [-0.2, 0) is 4.79 Å². The zero-order chi connectivity index (χ0) is 9.14. The molecular formula is C6H10N2O4. The van der Waals surface area contributed by atoms with Crippen LogP contribution in [0.4, 0.5) is 4.79 Å². The maximum Gasteiger partial charge on any atom is 0.421 e. The zero-order valence-corrected chi connectivity index (χ0v) is 6.36. The van der Waals surface area contributed by atoms with E-state index in [9.17, 15) is 9.59 Å². The Morgan fingerprint density at radius 2 is 2.08 bits per heavy atom. The van der Waals surface area contributed by atoms with Crippen molar-refractivity contribution in [2.45, 2.75) is 18.9 Å². The summed E-state index contributed by atoms with van der Waals surface area (Å²) >= 11 is 0. The lowest BCUT2D eigenvalue weighted by atomic mass is 10.1. The van der Waals surface area contributed by atoms with E-state index in [0.717, 1.165) is 5.01 Å². The van der Waals surface area contributed by atoms with Crippen molar-refractivity contribution in [3.8, 4) is 0 Å². The Hall–Kier alpha value is -1.30. The number of carboxylic acid groups (broad SMARTS) is 2. The van der Waals surface area contributed by atoms with Gasteiger partial charge >= 0.3 is 12.1 Å². The molecule has 3 N–H and O–H groups in total. The molecule has 0 bridgehead atoms. The molecule has 0 aromatic heterocycles. The Kier molecular flexibility index (Phi) is 2.49. The quantitative estimate of drug-likeness (QED) is 0.508. The number of hydrogen-bond acceptors (Lipinski definition) is 3. The summed E-state index contributed by atoms with van der Waals surface area (Å²) in [5.41, 5.74) is 2.39. The Labute approximate surface area is 68.7 Å². The van der Waals surface area contributed by atoms with Gasteiger partial charge in [0, 0.05) is 6.54 Å². The van der Waals surface area contributed by atoms with E-state index in [1.807, 2.05) is 0 Å². The molecule has 1 heterocycles. The van der Waals surface area contributed by atoms with Gasteiger partial charge in [-0.25, -0.2) is 15.2 Å². The summed E-state index contributed by atoms with van der Waals surface area (Å²) in [5, 5.41) is 18.0. The Morgan fingerprint density at radius 3 is 2.58 bits per heavy atom. The second-order valence-electron chi connectivity index (χ2n) is 2.60. The third kappa shape index (κ3) is 1.85. The van der Waals surface area contributed by atoms with Crippen LogP contribution in [0.5, 0.6) is 0 Å². The highest BCUT2D eigenvalue weighted by Gasteiger charge is 2.26. The van der Waals surface area contributed by atoms with Crippen molar-refractivity contribution in [3.63, 3.8) is 0 Å². The molecule has 1 atom stereocenters. The van der Waals surface area contributed by atoms with Crippen molar-refractivity contribution in [2.24, 2.45) is 0 Å². The number of amides is 1. The molecule has 1 rings (SSSR count). The number of nitrogens with one attached hydrogen (secondary N) is 1. The molecule has 0 aromatic carbocycles. The lowest BCUT2D eigenvalue weighted by molar-refractivity contribution is -0.141. The molecule has 6 heteroatoms. The van der Waals surface area contributed by atoms with E-state index in [0.29, 0.717) is 19.4 Å². The number of carbonyl (C=O) groups is 2. The lowest BCUT2D eigenvalue weighted by Gasteiger charge is -2.29. The van der Waals surface area contributed by atoms with E-state index in [2.05, 4.69) is 5.43 Å². The summed E-state index contributed by atoms with van der Waals surface area (Å²) in [4.78, 5) is 20.8. The Morgan fingerprint density at radius 1 is 1.42 bits per heavy atom. The second-order valence-corrected chi connectivity index (χ2v) is 2.60. The third-order valence-corrected chi connectivity index (χ3v) is 1.72. The summed E-state index contributed by atoms with van der Waals surface area (Å²) in [6.45, 7) is 0.346. The van der Waals surface area contributed by atoms with E-state index >= 15 is 0 Å². The van der Waals surface area contributed by atoms with Gasteiger partial charge in [0.15, 0.2) is 0 Å². The fraction of sp³-hybridized carbons (Fsp3) is 0.667. The summed E-state index contributed by atoms with van der Waals surface area (Å²) in [6.07, 6.45) is -0.0870. The topological polar surface area (TPSA) is 89.9 Å². The normalized spacial score (nSPS) is 23.7. The van der Waals surface area contributed by atoms with Gasteiger partial charge in [0.05, 0.1) is 0 Å². The highest BCUT2D eigenvalue weighted by molar-refractivity contribution is 5.74. The highest BCUT2D eigenvalue weighted by atomic mass is 16.4. The monoisotopic (exact) mass is 174 g/mol. The molecule has 0 saturated carbocycles. The van der Waals surface area contributed by atoms with Crippen LogP contribution in [0.25, 0.3) is 0 Å². The van der Waals surface area contributed by atoms with Crippen LogP contribution < -0.4 is 5.43 Å². The molecule has 0 aromatic rings. The molecule has 1 fully saturated rings. The summed E-state index contributed by atoms with van der Waals surface area (Å²) in [7, 11) is 0. The van der Waals surface area contributed by atoms with Crippen LogP contribution in [0.15, 0.2) is 0 Å². The molecular weight excluding hydrogens is 164 g/mol. The van der Waals surface area contributed by atoms with Gasteiger partial charge in [-0.3, -0.25) is 4.79 Å². The van der Waals surface area contributed by atoms with Crippen molar-refractivity contribution >= 4 is 12.1 Å². The molecule has 1 unspecified atom stereocenters. The fourth-order valence-corrected chi connectivity index (χ4v) is 1.10. The lowest BCUT2D eigenvalue weighted by Crippen LogP contribution is -2.54. The standard InChI is InChI=1S/C6H10N2O4/c9-5(10)4-2-1-3-8(7-4)6(11)12/h4,7H,1-3H2,(H,9,10)(H,11,12). The average molecular weight is 174 g/mol. The minimum absolute atomic E-state index is 0.346. The predicted molar refractivity (Wildman–Crippen MR) is 38.5 cm³/mol. The predicted octanol–water partition coefficient (Wildman–Crippen LogP) is -0.282. The summed E-state index contributed by atoms with van der Waals surface area (Å²) in [5.74, 6) is -1.01. The van der Waals surface area contributed by atoms with E-state index in [1.165, 1.54) is 0 Å². The third-order valence-electron chi connectivity index (χ3n) is 1.72. The van der Waals surface area contributed by atoms with Crippen molar-refractivity contribution in [3.05, 3.63) is 0 Å². The van der Waals surface area contributed by atoms with Gasteiger partial charge in [0.25, 0.3) is 0 Å². The molecule has 1 amide bonds. The minimum atomic E-state index is -1.14. The first kappa shape index (κ1) is 8.79. The molecule has 1 saturated heterocycles. The largest absolute Gasteiger partial charge is 0.480 e. The van der Waals surface area contributed by atoms with E-state index in [4.69, 9.17) is 10.2 Å². The minimum Gasteiger partial charge on any atom is -0.480 e. The number of nitrogens with zero attached hydrogens (tertiary/aromatic N) is 1. The first-order chi connectivity index (χ1) is 5.61. The van der Waals surface area contributed by atoms with Crippen LogP contribution in [0, 0.1) is 0 Å². The Balaban J connectivity index is 2.51. The van der Waals surface area contributed by atoms with Gasteiger partial charge < -0.3 is 10.2 Å². The molecule has 0 radical (unpaired) electrons. The van der Waals surface area contributed by atoms with Gasteiger partial charge in [-0.15, -0.1) is 0 Å². The first-order valence-electron chi connectivity index (χ1n) is 3.60. The maximum atomic E-state index is 10.4. The van der Waals surface area contributed by atoms with Crippen LogP contribution >= 0.6 is 0 Å². The van der Waals surface area contributed by atoms with Crippen LogP contribution in [0.1, 0.15) is 12.8 Å². The molecule has 68 valence electrons. The molecule has 1 aliphatic rings. The Bertz CT molecular complexity index is 186. The van der Waals surface area contributed by atoms with Gasteiger partial charge in [-0.1, -0.05) is 0 Å². The smallest absolute Gasteiger partial charge is 0.421 e. The number of carboxylic acids is 1. The number of rotatable bonds is 1. The SMILES string of the molecule is O=C(O)C1CCCN(C(=O)O)N1. The zero-order valence-electron chi connectivity index (χ0n) is 6.36. The van der Waals surface area contributed by atoms with E-state index < -0.39 is 18.1 Å². The van der Waals surface area contributed by atoms with Gasteiger partial charge in [0.1, 0.15) is 6.04 Å². The van der Waals surface area contributed by atoms with Crippen molar-refractivity contribution in [1.29, 1.82) is 0 Å². The van der Waals surface area contributed by atoms with Gasteiger partial charge in [-0.05, 0) is 12.8 Å². The second kappa shape index (κ2) is 3.40. The number of hydrogen-bond donors (Lipinski definition) is 3. The van der Waals surface area contributed by atoms with Gasteiger partial charge in [0.2, 0.25) is 0 Å². The van der Waals surface area contributed by atoms with E-state index in [1.54, 1.807) is 0 Å². The maximum absolute atomic E-state index is 10.4. The van der Waals surface area contributed by atoms with Crippen molar-refractivity contribution < 1.29 is 19.8 Å². The first-order valence-corrected chi connectivity index (χ1v) is 3.60. The summed E-state index contributed by atoms with van der Waals surface area (Å²) < 4.78 is 0. The molecule has 0 aliphatic carbocycles. The number of aliphatic carboxylic acids is 1. The highest BCUT2D eigenvalue weighted by Crippen LogP contribution is 2.06. The number of hydrazine groups is 1.